The van der Waals surface area contributed by atoms with E-state index in [-0.39, 0.29) is 5.56 Å². The van der Waals surface area contributed by atoms with Gasteiger partial charge >= 0.3 is 5.97 Å². The van der Waals surface area contributed by atoms with Gasteiger partial charge in [0.1, 0.15) is 0 Å². The number of hydrogen-bond acceptors (Lipinski definition) is 6. The molecule has 2 heterocycles. The molecule has 2 N–H and O–H groups in total. The van der Waals surface area contributed by atoms with Crippen LogP contribution < -0.4 is 5.32 Å². The quantitative estimate of drug-likeness (QED) is 0.733. The van der Waals surface area contributed by atoms with Crippen molar-refractivity contribution >= 4 is 11.9 Å². The van der Waals surface area contributed by atoms with E-state index in [0.717, 1.165) is 13.0 Å². The van der Waals surface area contributed by atoms with Crippen LogP contribution in [0.2, 0.25) is 0 Å². The van der Waals surface area contributed by atoms with Crippen LogP contribution in [0.1, 0.15) is 22.5 Å². The Labute approximate surface area is 109 Å². The zero-order valence-electron chi connectivity index (χ0n) is 10.4. The van der Waals surface area contributed by atoms with E-state index in [9.17, 15) is 4.79 Å². The molecule has 2 aromatic heterocycles. The van der Waals surface area contributed by atoms with Crippen LogP contribution in [0.5, 0.6) is 0 Å². The maximum Gasteiger partial charge on any atom is 0.339 e. The minimum Gasteiger partial charge on any atom is -0.478 e. The van der Waals surface area contributed by atoms with Crippen molar-refractivity contribution in [2.75, 3.05) is 11.9 Å². The second kappa shape index (κ2) is 5.89. The number of aromatic nitrogens is 5. The number of anilines is 1. The zero-order chi connectivity index (χ0) is 13.7. The number of aryl methyl sites for hydroxylation is 2. The van der Waals surface area contributed by atoms with Crippen LogP contribution in [-0.4, -0.2) is 42.6 Å². The van der Waals surface area contributed by atoms with E-state index < -0.39 is 5.97 Å². The highest BCUT2D eigenvalue weighted by Crippen LogP contribution is 2.06. The Morgan fingerprint density at radius 1 is 1.53 bits per heavy atom. The van der Waals surface area contributed by atoms with Gasteiger partial charge in [-0.3, -0.25) is 4.68 Å². The first-order valence-electron chi connectivity index (χ1n) is 5.81. The molecular formula is C11H14N6O2. The second-order valence-electron chi connectivity index (χ2n) is 3.94. The van der Waals surface area contributed by atoms with Gasteiger partial charge in [-0.25, -0.2) is 14.8 Å². The van der Waals surface area contributed by atoms with Crippen molar-refractivity contribution in [1.82, 2.24) is 25.0 Å². The van der Waals surface area contributed by atoms with Crippen molar-refractivity contribution < 1.29 is 9.90 Å². The maximum atomic E-state index is 10.8. The predicted octanol–water partition coefficient (Wildman–Crippen LogP) is 0.577. The Bertz CT molecular complexity index is 554. The molecule has 0 bridgehead atoms. The first kappa shape index (κ1) is 12.9. The Morgan fingerprint density at radius 2 is 2.37 bits per heavy atom. The smallest absolute Gasteiger partial charge is 0.339 e. The lowest BCUT2D eigenvalue weighted by Crippen LogP contribution is -2.11. The van der Waals surface area contributed by atoms with Crippen molar-refractivity contribution in [3.63, 3.8) is 0 Å². The molecule has 0 unspecified atom stereocenters. The monoisotopic (exact) mass is 262 g/mol. The molecule has 19 heavy (non-hydrogen) atoms. The number of carboxylic acids is 1. The number of aromatic carboxylic acids is 1. The number of carbonyl (C=O) groups is 1. The molecule has 0 aliphatic carbocycles. The number of nitrogens with zero attached hydrogens (tertiary/aromatic N) is 5. The summed E-state index contributed by atoms with van der Waals surface area (Å²) in [6.45, 7) is 3.07. The average Bonchev–Trinajstić information content (AvgIpc) is 2.87. The summed E-state index contributed by atoms with van der Waals surface area (Å²) in [7, 11) is 0. The van der Waals surface area contributed by atoms with Crippen molar-refractivity contribution in [2.24, 2.45) is 0 Å². The molecule has 0 spiro atoms. The lowest BCUT2D eigenvalue weighted by atomic mass is 10.2. The lowest BCUT2D eigenvalue weighted by Gasteiger charge is -2.06. The first-order valence-corrected chi connectivity index (χ1v) is 5.81. The predicted molar refractivity (Wildman–Crippen MR) is 66.9 cm³/mol. The van der Waals surface area contributed by atoms with E-state index in [4.69, 9.17) is 5.11 Å². The van der Waals surface area contributed by atoms with Crippen molar-refractivity contribution in [3.8, 4) is 0 Å². The summed E-state index contributed by atoms with van der Waals surface area (Å²) < 4.78 is 1.74. The molecule has 0 aromatic carbocycles. The summed E-state index contributed by atoms with van der Waals surface area (Å²) in [4.78, 5) is 18.9. The largest absolute Gasteiger partial charge is 0.478 e. The highest BCUT2D eigenvalue weighted by Gasteiger charge is 2.09. The number of rotatable bonds is 6. The van der Waals surface area contributed by atoms with Crippen LogP contribution in [0.15, 0.2) is 18.6 Å². The van der Waals surface area contributed by atoms with Gasteiger partial charge in [0.25, 0.3) is 0 Å². The van der Waals surface area contributed by atoms with Gasteiger partial charge in [0.15, 0.2) is 0 Å². The molecular weight excluding hydrogens is 248 g/mol. The van der Waals surface area contributed by atoms with E-state index >= 15 is 0 Å². The molecule has 0 saturated heterocycles. The molecule has 0 atom stereocenters. The molecule has 0 fully saturated rings. The van der Waals surface area contributed by atoms with Gasteiger partial charge in [0, 0.05) is 25.5 Å². The van der Waals surface area contributed by atoms with Gasteiger partial charge in [-0.05, 0) is 13.3 Å². The summed E-state index contributed by atoms with van der Waals surface area (Å²) in [5, 5.41) is 19.5. The van der Waals surface area contributed by atoms with Gasteiger partial charge in [0.05, 0.1) is 17.5 Å². The van der Waals surface area contributed by atoms with Gasteiger partial charge in [-0.15, -0.1) is 5.10 Å². The average molecular weight is 262 g/mol. The molecule has 0 amide bonds. The molecule has 0 aliphatic rings. The SMILES string of the molecule is Cc1nc(NCCCn2ccnn2)ncc1C(=O)O. The summed E-state index contributed by atoms with van der Waals surface area (Å²) in [5.74, 6) is -0.587. The minimum atomic E-state index is -1.02. The third kappa shape index (κ3) is 3.47. The standard InChI is InChI=1S/C11H14N6O2/c1-8-9(10(18)19)7-13-11(15-8)12-3-2-5-17-6-4-14-16-17/h4,6-7H,2-3,5H2,1H3,(H,18,19)(H,12,13,15). The molecule has 2 aromatic rings. The Balaban J connectivity index is 1.83. The van der Waals surface area contributed by atoms with Crippen LogP contribution in [0.3, 0.4) is 0 Å². The lowest BCUT2D eigenvalue weighted by molar-refractivity contribution is 0.0695. The van der Waals surface area contributed by atoms with E-state index in [1.807, 2.05) is 0 Å². The second-order valence-corrected chi connectivity index (χ2v) is 3.94. The third-order valence-corrected chi connectivity index (χ3v) is 2.53. The molecule has 0 aliphatic heterocycles. The molecule has 0 radical (unpaired) electrons. The van der Waals surface area contributed by atoms with E-state index in [0.29, 0.717) is 18.2 Å². The van der Waals surface area contributed by atoms with Crippen LogP contribution >= 0.6 is 0 Å². The number of nitrogens with one attached hydrogen (secondary N) is 1. The molecule has 8 nitrogen and oxygen atoms in total. The van der Waals surface area contributed by atoms with Gasteiger partial charge in [-0.1, -0.05) is 5.21 Å². The van der Waals surface area contributed by atoms with E-state index in [1.54, 1.807) is 24.0 Å². The Hall–Kier alpha value is -2.51. The highest BCUT2D eigenvalue weighted by molar-refractivity contribution is 5.88. The summed E-state index contributed by atoms with van der Waals surface area (Å²) in [6, 6.07) is 0. The molecule has 2 rings (SSSR count). The molecule has 100 valence electrons. The number of carboxylic acid groups (broad SMARTS) is 1. The van der Waals surface area contributed by atoms with Crippen LogP contribution in [-0.2, 0) is 6.54 Å². The Morgan fingerprint density at radius 3 is 3.00 bits per heavy atom. The fourth-order valence-corrected chi connectivity index (χ4v) is 1.56. The topological polar surface area (TPSA) is 106 Å². The minimum absolute atomic E-state index is 0.119. The van der Waals surface area contributed by atoms with Gasteiger partial charge in [0.2, 0.25) is 5.95 Å². The van der Waals surface area contributed by atoms with Crippen molar-refractivity contribution in [2.45, 2.75) is 19.9 Å². The normalized spacial score (nSPS) is 10.4. The summed E-state index contributed by atoms with van der Waals surface area (Å²) in [6.07, 6.45) is 5.57. The molecule has 0 saturated carbocycles. The van der Waals surface area contributed by atoms with Crippen LogP contribution in [0.4, 0.5) is 5.95 Å². The molecule has 8 heteroatoms. The van der Waals surface area contributed by atoms with Crippen molar-refractivity contribution in [1.29, 1.82) is 0 Å². The number of hydrogen-bond donors (Lipinski definition) is 2. The van der Waals surface area contributed by atoms with Gasteiger partial charge in [-0.2, -0.15) is 0 Å². The fourth-order valence-electron chi connectivity index (χ4n) is 1.56. The van der Waals surface area contributed by atoms with Crippen molar-refractivity contribution in [3.05, 3.63) is 29.8 Å². The summed E-state index contributed by atoms with van der Waals surface area (Å²) >= 11 is 0. The summed E-state index contributed by atoms with van der Waals surface area (Å²) in [5.41, 5.74) is 0.564. The van der Waals surface area contributed by atoms with E-state index in [2.05, 4.69) is 25.6 Å². The highest BCUT2D eigenvalue weighted by atomic mass is 16.4. The van der Waals surface area contributed by atoms with Gasteiger partial charge < -0.3 is 10.4 Å². The van der Waals surface area contributed by atoms with Crippen LogP contribution in [0.25, 0.3) is 0 Å². The maximum absolute atomic E-state index is 10.8. The zero-order valence-corrected chi connectivity index (χ0v) is 10.4. The fraction of sp³-hybridized carbons (Fsp3) is 0.364. The van der Waals surface area contributed by atoms with E-state index in [1.165, 1.54) is 6.20 Å². The Kier molecular flexibility index (Phi) is 4.01. The van der Waals surface area contributed by atoms with Crippen LogP contribution in [0, 0.1) is 6.92 Å². The third-order valence-electron chi connectivity index (χ3n) is 2.53. The first-order chi connectivity index (χ1) is 9.16.